The SMILES string of the molecule is N#C/C(=C/Nc1ccccc1Cl)C(=O)Nc1ccc(C(=O)O)cc1. The zero-order chi connectivity index (χ0) is 17.5. The number of rotatable bonds is 5. The Hall–Kier alpha value is -3.30. The van der Waals surface area contributed by atoms with E-state index in [0.29, 0.717) is 16.4 Å². The van der Waals surface area contributed by atoms with Gasteiger partial charge in [-0.1, -0.05) is 23.7 Å². The Morgan fingerprint density at radius 2 is 1.79 bits per heavy atom. The highest BCUT2D eigenvalue weighted by atomic mass is 35.5. The first-order valence-corrected chi connectivity index (χ1v) is 7.15. The van der Waals surface area contributed by atoms with E-state index in [1.165, 1.54) is 30.5 Å². The number of carbonyl (C=O) groups is 2. The van der Waals surface area contributed by atoms with Gasteiger partial charge >= 0.3 is 5.97 Å². The predicted octanol–water partition coefficient (Wildman–Crippen LogP) is 3.50. The largest absolute Gasteiger partial charge is 0.478 e. The summed E-state index contributed by atoms with van der Waals surface area (Å²) in [5, 5.41) is 23.7. The fourth-order valence-electron chi connectivity index (χ4n) is 1.77. The number of anilines is 2. The van der Waals surface area contributed by atoms with Gasteiger partial charge in [-0.15, -0.1) is 0 Å². The molecule has 24 heavy (non-hydrogen) atoms. The van der Waals surface area contributed by atoms with Gasteiger partial charge in [-0.25, -0.2) is 4.79 Å². The van der Waals surface area contributed by atoms with Gasteiger partial charge in [-0.2, -0.15) is 5.26 Å². The molecule has 0 spiro atoms. The van der Waals surface area contributed by atoms with E-state index in [-0.39, 0.29) is 11.1 Å². The van der Waals surface area contributed by atoms with E-state index < -0.39 is 11.9 Å². The molecule has 0 unspecified atom stereocenters. The van der Waals surface area contributed by atoms with Crippen molar-refractivity contribution in [2.24, 2.45) is 0 Å². The van der Waals surface area contributed by atoms with E-state index in [0.717, 1.165) is 0 Å². The van der Waals surface area contributed by atoms with Crippen LogP contribution in [0.2, 0.25) is 5.02 Å². The second-order valence-electron chi connectivity index (χ2n) is 4.63. The Balaban J connectivity index is 2.08. The van der Waals surface area contributed by atoms with E-state index in [1.54, 1.807) is 30.3 Å². The van der Waals surface area contributed by atoms with Crippen LogP contribution in [0.25, 0.3) is 0 Å². The lowest BCUT2D eigenvalue weighted by Crippen LogP contribution is -2.14. The number of nitrogens with one attached hydrogen (secondary N) is 2. The summed E-state index contributed by atoms with van der Waals surface area (Å²) in [4.78, 5) is 22.9. The fraction of sp³-hybridized carbons (Fsp3) is 0. The molecule has 2 rings (SSSR count). The number of carboxylic acids is 1. The Morgan fingerprint density at radius 1 is 1.12 bits per heavy atom. The Morgan fingerprint density at radius 3 is 2.38 bits per heavy atom. The van der Waals surface area contributed by atoms with Gasteiger partial charge in [0.1, 0.15) is 11.6 Å². The summed E-state index contributed by atoms with van der Waals surface area (Å²) in [6, 6.07) is 14.3. The molecule has 0 saturated heterocycles. The zero-order valence-electron chi connectivity index (χ0n) is 12.3. The minimum Gasteiger partial charge on any atom is -0.478 e. The maximum Gasteiger partial charge on any atom is 0.335 e. The fourth-order valence-corrected chi connectivity index (χ4v) is 1.96. The van der Waals surface area contributed by atoms with Crippen molar-refractivity contribution in [3.63, 3.8) is 0 Å². The van der Waals surface area contributed by atoms with E-state index in [1.807, 2.05) is 0 Å². The summed E-state index contributed by atoms with van der Waals surface area (Å²) in [5.41, 5.74) is 0.885. The minimum atomic E-state index is -1.06. The summed E-state index contributed by atoms with van der Waals surface area (Å²) in [5.74, 6) is -1.69. The average molecular weight is 342 g/mol. The number of para-hydroxylation sites is 1. The molecule has 2 aromatic carbocycles. The van der Waals surface area contributed by atoms with Crippen LogP contribution in [0, 0.1) is 11.3 Å². The lowest BCUT2D eigenvalue weighted by Gasteiger charge is -2.06. The molecular weight excluding hydrogens is 330 g/mol. The lowest BCUT2D eigenvalue weighted by molar-refractivity contribution is -0.112. The predicted molar refractivity (Wildman–Crippen MR) is 90.8 cm³/mol. The summed E-state index contributed by atoms with van der Waals surface area (Å²) in [6.45, 7) is 0. The number of hydrogen-bond acceptors (Lipinski definition) is 4. The van der Waals surface area contributed by atoms with E-state index >= 15 is 0 Å². The molecule has 1 amide bonds. The Labute approximate surface area is 143 Å². The molecule has 0 atom stereocenters. The Kier molecular flexibility index (Phi) is 5.55. The van der Waals surface area contributed by atoms with Crippen LogP contribution >= 0.6 is 11.6 Å². The molecule has 0 aliphatic heterocycles. The second-order valence-corrected chi connectivity index (χ2v) is 5.04. The number of benzene rings is 2. The van der Waals surface area contributed by atoms with Gasteiger partial charge in [-0.3, -0.25) is 4.79 Å². The number of aromatic carboxylic acids is 1. The number of hydrogen-bond donors (Lipinski definition) is 3. The molecule has 0 aliphatic rings. The molecule has 0 fully saturated rings. The van der Waals surface area contributed by atoms with Gasteiger partial charge < -0.3 is 15.7 Å². The van der Waals surface area contributed by atoms with Crippen LogP contribution in [-0.2, 0) is 4.79 Å². The minimum absolute atomic E-state index is 0.101. The zero-order valence-corrected chi connectivity index (χ0v) is 13.0. The van der Waals surface area contributed by atoms with Crippen molar-refractivity contribution in [3.8, 4) is 6.07 Å². The van der Waals surface area contributed by atoms with Crippen LogP contribution in [0.4, 0.5) is 11.4 Å². The van der Waals surface area contributed by atoms with Crippen molar-refractivity contribution in [1.82, 2.24) is 0 Å². The third kappa shape index (κ3) is 4.35. The topological polar surface area (TPSA) is 102 Å². The number of amides is 1. The number of nitriles is 1. The molecule has 0 radical (unpaired) electrons. The first-order chi connectivity index (χ1) is 11.5. The van der Waals surface area contributed by atoms with Gasteiger partial charge in [0.2, 0.25) is 0 Å². The summed E-state index contributed by atoms with van der Waals surface area (Å²) in [7, 11) is 0. The van der Waals surface area contributed by atoms with Gasteiger partial charge in [0, 0.05) is 11.9 Å². The van der Waals surface area contributed by atoms with E-state index in [9.17, 15) is 9.59 Å². The molecule has 0 aliphatic carbocycles. The van der Waals surface area contributed by atoms with Crippen molar-refractivity contribution in [2.75, 3.05) is 10.6 Å². The van der Waals surface area contributed by atoms with Crippen LogP contribution in [0.15, 0.2) is 60.3 Å². The summed E-state index contributed by atoms with van der Waals surface area (Å²) >= 11 is 5.98. The highest BCUT2D eigenvalue weighted by Gasteiger charge is 2.10. The maximum absolute atomic E-state index is 12.1. The van der Waals surface area contributed by atoms with Gasteiger partial charge in [-0.05, 0) is 36.4 Å². The number of halogens is 1. The normalized spacial score (nSPS) is 10.6. The van der Waals surface area contributed by atoms with Crippen LogP contribution < -0.4 is 10.6 Å². The molecular formula is C17H12ClN3O3. The molecule has 7 heteroatoms. The molecule has 0 bridgehead atoms. The molecule has 6 nitrogen and oxygen atoms in total. The standard InChI is InChI=1S/C17H12ClN3O3/c18-14-3-1-2-4-15(14)20-10-12(9-19)16(22)21-13-7-5-11(6-8-13)17(23)24/h1-8,10,20H,(H,21,22)(H,23,24)/b12-10-. The third-order valence-electron chi connectivity index (χ3n) is 3.00. The number of carboxylic acid groups (broad SMARTS) is 1. The summed E-state index contributed by atoms with van der Waals surface area (Å²) < 4.78 is 0. The third-order valence-corrected chi connectivity index (χ3v) is 3.33. The van der Waals surface area contributed by atoms with Crippen molar-refractivity contribution in [2.45, 2.75) is 0 Å². The number of nitrogens with zero attached hydrogens (tertiary/aromatic N) is 1. The monoisotopic (exact) mass is 341 g/mol. The quantitative estimate of drug-likeness (QED) is 0.570. The van der Waals surface area contributed by atoms with Gasteiger partial charge in [0.25, 0.3) is 5.91 Å². The van der Waals surface area contributed by atoms with Crippen LogP contribution in [0.3, 0.4) is 0 Å². The first-order valence-electron chi connectivity index (χ1n) is 6.77. The van der Waals surface area contributed by atoms with Crippen LogP contribution in [0.5, 0.6) is 0 Å². The maximum atomic E-state index is 12.1. The lowest BCUT2D eigenvalue weighted by atomic mass is 10.2. The van der Waals surface area contributed by atoms with Crippen molar-refractivity contribution < 1.29 is 14.7 Å². The van der Waals surface area contributed by atoms with Crippen molar-refractivity contribution >= 4 is 34.9 Å². The molecule has 0 heterocycles. The highest BCUT2D eigenvalue weighted by Crippen LogP contribution is 2.20. The first kappa shape index (κ1) is 17.1. The smallest absolute Gasteiger partial charge is 0.335 e. The van der Waals surface area contributed by atoms with E-state index in [4.69, 9.17) is 22.0 Å². The Bertz CT molecular complexity index is 839. The van der Waals surface area contributed by atoms with Gasteiger partial charge in [0.05, 0.1) is 16.3 Å². The molecule has 0 saturated carbocycles. The molecule has 3 N–H and O–H groups in total. The van der Waals surface area contributed by atoms with Crippen LogP contribution in [0.1, 0.15) is 10.4 Å². The van der Waals surface area contributed by atoms with Gasteiger partial charge in [0.15, 0.2) is 0 Å². The highest BCUT2D eigenvalue weighted by molar-refractivity contribution is 6.33. The van der Waals surface area contributed by atoms with E-state index in [2.05, 4.69) is 10.6 Å². The van der Waals surface area contributed by atoms with Crippen molar-refractivity contribution in [1.29, 1.82) is 5.26 Å². The average Bonchev–Trinajstić information content (AvgIpc) is 2.57. The molecule has 2 aromatic rings. The van der Waals surface area contributed by atoms with Crippen molar-refractivity contribution in [3.05, 3.63) is 70.9 Å². The number of carbonyl (C=O) groups excluding carboxylic acids is 1. The second kappa shape index (κ2) is 7.81. The molecule has 120 valence electrons. The summed E-state index contributed by atoms with van der Waals surface area (Å²) in [6.07, 6.45) is 1.25. The molecule has 0 aromatic heterocycles. The van der Waals surface area contributed by atoms with Crippen LogP contribution in [-0.4, -0.2) is 17.0 Å².